The van der Waals surface area contributed by atoms with Gasteiger partial charge in [-0.1, -0.05) is 24.3 Å². The fraction of sp³-hybridized carbons (Fsp3) is 0.500. The topological polar surface area (TPSA) is 23.5 Å². The van der Waals surface area contributed by atoms with Crippen LogP contribution >= 0.6 is 11.8 Å². The Morgan fingerprint density at radius 3 is 2.27 bits per heavy atom. The minimum atomic E-state index is 0.133. The Hall–Kier alpha value is -0.510. The molecular weight excluding hydrogens is 206 g/mol. The summed E-state index contributed by atoms with van der Waals surface area (Å²) in [5.41, 5.74) is 2.31. The largest absolute Gasteiger partial charge is 0.392 e. The molecule has 0 heterocycles. The van der Waals surface area contributed by atoms with Crippen molar-refractivity contribution in [2.45, 2.75) is 12.4 Å². The molecule has 15 heavy (non-hydrogen) atoms. The zero-order valence-electron chi connectivity index (χ0n) is 9.44. The molecule has 1 N–H and O–H groups in total. The van der Waals surface area contributed by atoms with E-state index in [1.54, 1.807) is 0 Å². The average molecular weight is 225 g/mol. The maximum absolute atomic E-state index is 8.89. The number of aliphatic hydroxyl groups excluding tert-OH is 1. The molecule has 0 aliphatic carbocycles. The number of nitrogens with zero attached hydrogens (tertiary/aromatic N) is 1. The normalized spacial score (nSPS) is 10.9. The van der Waals surface area contributed by atoms with Gasteiger partial charge in [-0.05, 0) is 25.2 Å². The molecule has 0 aromatic heterocycles. The van der Waals surface area contributed by atoms with Crippen LogP contribution in [-0.4, -0.2) is 36.4 Å². The second kappa shape index (κ2) is 6.88. The fourth-order valence-corrected chi connectivity index (χ4v) is 2.24. The van der Waals surface area contributed by atoms with Gasteiger partial charge in [-0.2, -0.15) is 11.8 Å². The Morgan fingerprint density at radius 1 is 1.13 bits per heavy atom. The van der Waals surface area contributed by atoms with E-state index in [-0.39, 0.29) is 6.61 Å². The molecule has 0 bridgehead atoms. The standard InChI is InChI=1S/C12H19NOS/c1-13(2)7-8-15-10-12-5-3-11(9-14)4-6-12/h3-6,14H,7-10H2,1-2H3. The molecule has 0 radical (unpaired) electrons. The Labute approximate surface area is 96.3 Å². The van der Waals surface area contributed by atoms with E-state index in [4.69, 9.17) is 5.11 Å². The van der Waals surface area contributed by atoms with Crippen molar-refractivity contribution in [1.29, 1.82) is 0 Å². The number of benzene rings is 1. The van der Waals surface area contributed by atoms with Gasteiger partial charge in [0.25, 0.3) is 0 Å². The quantitative estimate of drug-likeness (QED) is 0.749. The van der Waals surface area contributed by atoms with E-state index in [0.29, 0.717) is 0 Å². The van der Waals surface area contributed by atoms with E-state index in [2.05, 4.69) is 31.1 Å². The fourth-order valence-electron chi connectivity index (χ4n) is 1.18. The summed E-state index contributed by atoms with van der Waals surface area (Å²) < 4.78 is 0. The number of rotatable bonds is 6. The van der Waals surface area contributed by atoms with Crippen LogP contribution in [0.3, 0.4) is 0 Å². The van der Waals surface area contributed by atoms with E-state index >= 15 is 0 Å². The molecule has 0 unspecified atom stereocenters. The first-order valence-electron chi connectivity index (χ1n) is 5.13. The van der Waals surface area contributed by atoms with Crippen LogP contribution in [0.15, 0.2) is 24.3 Å². The number of aliphatic hydroxyl groups is 1. The summed E-state index contributed by atoms with van der Waals surface area (Å²) in [5.74, 6) is 2.22. The van der Waals surface area contributed by atoms with E-state index < -0.39 is 0 Å². The molecule has 1 rings (SSSR count). The van der Waals surface area contributed by atoms with Crippen LogP contribution in [0.2, 0.25) is 0 Å². The van der Waals surface area contributed by atoms with Crippen molar-refractivity contribution in [2.75, 3.05) is 26.4 Å². The smallest absolute Gasteiger partial charge is 0.0681 e. The number of hydrogen-bond donors (Lipinski definition) is 1. The minimum Gasteiger partial charge on any atom is -0.392 e. The van der Waals surface area contributed by atoms with Gasteiger partial charge in [0.1, 0.15) is 0 Å². The summed E-state index contributed by atoms with van der Waals surface area (Å²) in [6.45, 7) is 1.26. The summed E-state index contributed by atoms with van der Waals surface area (Å²) in [6, 6.07) is 8.16. The van der Waals surface area contributed by atoms with Gasteiger partial charge in [0.15, 0.2) is 0 Å². The lowest BCUT2D eigenvalue weighted by Gasteiger charge is -2.08. The van der Waals surface area contributed by atoms with Crippen LogP contribution < -0.4 is 0 Å². The van der Waals surface area contributed by atoms with E-state index in [9.17, 15) is 0 Å². The Bertz CT molecular complexity index is 271. The van der Waals surface area contributed by atoms with Crippen LogP contribution in [0.5, 0.6) is 0 Å². The Balaban J connectivity index is 2.25. The second-order valence-corrected chi connectivity index (χ2v) is 4.94. The SMILES string of the molecule is CN(C)CCSCc1ccc(CO)cc1. The third-order valence-electron chi connectivity index (χ3n) is 2.16. The molecular formula is C12H19NOS. The lowest BCUT2D eigenvalue weighted by atomic mass is 10.2. The van der Waals surface area contributed by atoms with Crippen molar-refractivity contribution in [1.82, 2.24) is 4.90 Å². The summed E-state index contributed by atoms with van der Waals surface area (Å²) in [7, 11) is 4.19. The van der Waals surface area contributed by atoms with Gasteiger partial charge in [-0.15, -0.1) is 0 Å². The van der Waals surface area contributed by atoms with Crippen LogP contribution in [-0.2, 0) is 12.4 Å². The molecule has 3 heteroatoms. The van der Waals surface area contributed by atoms with Crippen LogP contribution in [0.4, 0.5) is 0 Å². The zero-order chi connectivity index (χ0) is 11.1. The van der Waals surface area contributed by atoms with E-state index in [0.717, 1.165) is 23.6 Å². The van der Waals surface area contributed by atoms with Gasteiger partial charge in [0.05, 0.1) is 6.61 Å². The molecule has 0 atom stereocenters. The van der Waals surface area contributed by atoms with Crippen molar-refractivity contribution in [3.05, 3.63) is 35.4 Å². The molecule has 84 valence electrons. The molecule has 0 aliphatic heterocycles. The van der Waals surface area contributed by atoms with Crippen LogP contribution in [0.25, 0.3) is 0 Å². The molecule has 0 aliphatic rings. The van der Waals surface area contributed by atoms with Gasteiger partial charge < -0.3 is 10.0 Å². The number of thioether (sulfide) groups is 1. The van der Waals surface area contributed by atoms with Crippen molar-refractivity contribution in [2.24, 2.45) is 0 Å². The average Bonchev–Trinajstić information content (AvgIpc) is 2.25. The number of hydrogen-bond acceptors (Lipinski definition) is 3. The molecule has 1 aromatic carbocycles. The highest BCUT2D eigenvalue weighted by atomic mass is 32.2. The van der Waals surface area contributed by atoms with Gasteiger partial charge in [-0.3, -0.25) is 0 Å². The first kappa shape index (κ1) is 12.6. The van der Waals surface area contributed by atoms with Crippen molar-refractivity contribution in [3.8, 4) is 0 Å². The van der Waals surface area contributed by atoms with Crippen molar-refractivity contribution in [3.63, 3.8) is 0 Å². The lowest BCUT2D eigenvalue weighted by molar-refractivity contribution is 0.282. The molecule has 0 saturated carbocycles. The monoisotopic (exact) mass is 225 g/mol. The molecule has 0 amide bonds. The molecule has 0 saturated heterocycles. The Morgan fingerprint density at radius 2 is 1.73 bits per heavy atom. The predicted molar refractivity (Wildman–Crippen MR) is 67.1 cm³/mol. The highest BCUT2D eigenvalue weighted by molar-refractivity contribution is 7.98. The van der Waals surface area contributed by atoms with Crippen molar-refractivity contribution >= 4 is 11.8 Å². The van der Waals surface area contributed by atoms with Gasteiger partial charge in [0.2, 0.25) is 0 Å². The molecule has 2 nitrogen and oxygen atoms in total. The first-order valence-corrected chi connectivity index (χ1v) is 6.29. The zero-order valence-corrected chi connectivity index (χ0v) is 10.3. The maximum atomic E-state index is 8.89. The maximum Gasteiger partial charge on any atom is 0.0681 e. The molecule has 1 aromatic rings. The highest BCUT2D eigenvalue weighted by Crippen LogP contribution is 2.13. The van der Waals surface area contributed by atoms with E-state index in [1.807, 2.05) is 23.9 Å². The van der Waals surface area contributed by atoms with Gasteiger partial charge >= 0.3 is 0 Å². The second-order valence-electron chi connectivity index (χ2n) is 3.83. The third-order valence-corrected chi connectivity index (χ3v) is 3.17. The predicted octanol–water partition coefficient (Wildman–Crippen LogP) is 1.97. The Kier molecular flexibility index (Phi) is 5.76. The van der Waals surface area contributed by atoms with Crippen LogP contribution in [0.1, 0.15) is 11.1 Å². The summed E-state index contributed by atoms with van der Waals surface area (Å²) in [4.78, 5) is 2.20. The van der Waals surface area contributed by atoms with Gasteiger partial charge in [0, 0.05) is 18.1 Å². The summed E-state index contributed by atoms with van der Waals surface area (Å²) in [5, 5.41) is 8.89. The first-order chi connectivity index (χ1) is 7.22. The van der Waals surface area contributed by atoms with Crippen molar-refractivity contribution < 1.29 is 5.11 Å². The summed E-state index contributed by atoms with van der Waals surface area (Å²) in [6.07, 6.45) is 0. The molecule has 0 fully saturated rings. The highest BCUT2D eigenvalue weighted by Gasteiger charge is 1.95. The lowest BCUT2D eigenvalue weighted by Crippen LogP contribution is -2.14. The summed E-state index contributed by atoms with van der Waals surface area (Å²) >= 11 is 1.94. The minimum absolute atomic E-state index is 0.133. The van der Waals surface area contributed by atoms with Gasteiger partial charge in [-0.25, -0.2) is 0 Å². The van der Waals surface area contributed by atoms with Crippen LogP contribution in [0, 0.1) is 0 Å². The van der Waals surface area contributed by atoms with E-state index in [1.165, 1.54) is 5.56 Å². The molecule has 0 spiro atoms. The third kappa shape index (κ3) is 5.21.